The number of thiazole rings is 1. The molecule has 1 aromatic carbocycles. The van der Waals surface area contributed by atoms with Crippen molar-refractivity contribution in [2.45, 2.75) is 26.8 Å². The van der Waals surface area contributed by atoms with Gasteiger partial charge in [-0.25, -0.2) is 0 Å². The summed E-state index contributed by atoms with van der Waals surface area (Å²) >= 11 is 2.54. The van der Waals surface area contributed by atoms with Gasteiger partial charge in [-0.1, -0.05) is 41.7 Å². The molecule has 0 radical (unpaired) electrons. The molecule has 1 aliphatic rings. The van der Waals surface area contributed by atoms with Gasteiger partial charge < -0.3 is 19.5 Å². The van der Waals surface area contributed by atoms with Crippen LogP contribution in [-0.4, -0.2) is 47.6 Å². The van der Waals surface area contributed by atoms with Gasteiger partial charge in [0.2, 0.25) is 5.91 Å². The molecule has 0 spiro atoms. The van der Waals surface area contributed by atoms with Crippen molar-refractivity contribution in [2.75, 3.05) is 31.6 Å². The third kappa shape index (κ3) is 4.69. The van der Waals surface area contributed by atoms with Gasteiger partial charge in [-0.05, 0) is 25.0 Å². The molecule has 1 saturated heterocycles. The minimum atomic E-state index is -0.223. The Morgan fingerprint density at radius 1 is 1.12 bits per heavy atom. The quantitative estimate of drug-likeness (QED) is 0.594. The first-order chi connectivity index (χ1) is 15.5. The van der Waals surface area contributed by atoms with Crippen LogP contribution in [0.15, 0.2) is 40.5 Å². The molecule has 1 aliphatic heterocycles. The van der Waals surface area contributed by atoms with Crippen LogP contribution in [0, 0.1) is 13.8 Å². The van der Waals surface area contributed by atoms with Crippen LogP contribution >= 0.6 is 22.7 Å². The highest BCUT2D eigenvalue weighted by Gasteiger charge is 2.28. The van der Waals surface area contributed by atoms with E-state index in [4.69, 9.17) is 4.74 Å². The van der Waals surface area contributed by atoms with Crippen molar-refractivity contribution in [2.24, 2.45) is 0 Å². The fraction of sp³-hybridized carbons (Fsp3) is 0.348. The average molecular weight is 472 g/mol. The summed E-state index contributed by atoms with van der Waals surface area (Å²) in [4.78, 5) is 40.7. The predicted molar refractivity (Wildman–Crippen MR) is 128 cm³/mol. The van der Waals surface area contributed by atoms with Crippen LogP contribution in [0.25, 0.3) is 10.4 Å². The normalized spacial score (nSPS) is 13.9. The number of carbonyl (C=O) groups is 2. The van der Waals surface area contributed by atoms with Crippen molar-refractivity contribution in [3.8, 4) is 10.4 Å². The zero-order valence-corrected chi connectivity index (χ0v) is 19.7. The molecule has 168 valence electrons. The first kappa shape index (κ1) is 22.4. The Hall–Kier alpha value is -2.75. The molecule has 3 aromatic rings. The fourth-order valence-corrected chi connectivity index (χ4v) is 5.71. The molecule has 2 aromatic heterocycles. The average Bonchev–Trinajstić information content (AvgIpc) is 3.31. The van der Waals surface area contributed by atoms with E-state index in [1.165, 1.54) is 11.3 Å². The summed E-state index contributed by atoms with van der Waals surface area (Å²) in [6, 6.07) is 9.86. The molecule has 1 fully saturated rings. The minimum Gasteiger partial charge on any atom is -0.378 e. The number of aryl methyl sites for hydroxylation is 1. The van der Waals surface area contributed by atoms with Gasteiger partial charge in [0.1, 0.15) is 5.00 Å². The molecular formula is C23H25N3O4S2. The van der Waals surface area contributed by atoms with Crippen LogP contribution in [0.2, 0.25) is 0 Å². The molecule has 2 amide bonds. The Kier molecular flexibility index (Phi) is 6.88. The van der Waals surface area contributed by atoms with Gasteiger partial charge in [0.15, 0.2) is 0 Å². The smallest absolute Gasteiger partial charge is 0.307 e. The van der Waals surface area contributed by atoms with Crippen molar-refractivity contribution < 1.29 is 14.3 Å². The highest BCUT2D eigenvalue weighted by Crippen LogP contribution is 2.40. The number of thiophene rings is 1. The Bertz CT molecular complexity index is 1170. The van der Waals surface area contributed by atoms with Crippen LogP contribution < -0.4 is 10.2 Å². The highest BCUT2D eigenvalue weighted by molar-refractivity contribution is 7.20. The first-order valence-corrected chi connectivity index (χ1v) is 12.2. The zero-order chi connectivity index (χ0) is 22.7. The Labute approximate surface area is 194 Å². The number of nitrogens with one attached hydrogen (secondary N) is 1. The maximum atomic E-state index is 13.4. The number of amides is 2. The second kappa shape index (κ2) is 9.81. The fourth-order valence-electron chi connectivity index (χ4n) is 3.73. The zero-order valence-electron chi connectivity index (χ0n) is 18.1. The van der Waals surface area contributed by atoms with Gasteiger partial charge in [-0.2, -0.15) is 0 Å². The lowest BCUT2D eigenvalue weighted by Gasteiger charge is -2.27. The number of rotatable bonds is 6. The Morgan fingerprint density at radius 3 is 2.50 bits per heavy atom. The van der Waals surface area contributed by atoms with Gasteiger partial charge in [0.05, 0.1) is 18.8 Å². The maximum Gasteiger partial charge on any atom is 0.307 e. The topological polar surface area (TPSA) is 80.6 Å². The molecule has 0 aliphatic carbocycles. The molecule has 0 bridgehead atoms. The number of hydrogen-bond acceptors (Lipinski definition) is 6. The molecule has 32 heavy (non-hydrogen) atoms. The molecule has 0 saturated carbocycles. The summed E-state index contributed by atoms with van der Waals surface area (Å²) < 4.78 is 6.98. The third-order valence-corrected chi connectivity index (χ3v) is 7.62. The molecule has 1 N–H and O–H groups in total. The van der Waals surface area contributed by atoms with E-state index in [0.717, 1.165) is 33.0 Å². The van der Waals surface area contributed by atoms with Crippen molar-refractivity contribution in [1.29, 1.82) is 0 Å². The van der Waals surface area contributed by atoms with Crippen molar-refractivity contribution in [3.05, 3.63) is 62.2 Å². The number of carbonyl (C=O) groups excluding carboxylic acids is 2. The molecule has 9 heteroatoms. The number of nitrogens with zero attached hydrogens (tertiary/aromatic N) is 2. The molecule has 0 unspecified atom stereocenters. The molecular weight excluding hydrogens is 446 g/mol. The minimum absolute atomic E-state index is 0.0724. The number of aromatic nitrogens is 1. The van der Waals surface area contributed by atoms with Gasteiger partial charge >= 0.3 is 4.87 Å². The van der Waals surface area contributed by atoms with Gasteiger partial charge in [-0.3, -0.25) is 14.4 Å². The lowest BCUT2D eigenvalue weighted by atomic mass is 10.1. The Balaban J connectivity index is 1.61. The molecule has 7 nitrogen and oxygen atoms in total. The molecule has 3 heterocycles. The Morgan fingerprint density at radius 2 is 1.84 bits per heavy atom. The number of anilines is 1. The lowest BCUT2D eigenvalue weighted by molar-refractivity contribution is -0.116. The summed E-state index contributed by atoms with van der Waals surface area (Å²) in [5.74, 6) is -0.316. The van der Waals surface area contributed by atoms with Crippen molar-refractivity contribution in [1.82, 2.24) is 9.47 Å². The van der Waals surface area contributed by atoms with Crippen molar-refractivity contribution in [3.63, 3.8) is 0 Å². The maximum absolute atomic E-state index is 13.4. The molecule has 4 rings (SSSR count). The van der Waals surface area contributed by atoms with Gasteiger partial charge in [0, 0.05) is 42.0 Å². The number of hydrogen-bond donors (Lipinski definition) is 1. The largest absolute Gasteiger partial charge is 0.378 e. The van der Waals surface area contributed by atoms with E-state index < -0.39 is 0 Å². The van der Waals surface area contributed by atoms with Gasteiger partial charge in [0.25, 0.3) is 5.91 Å². The van der Waals surface area contributed by atoms with E-state index in [-0.39, 0.29) is 23.1 Å². The second-order valence-electron chi connectivity index (χ2n) is 7.62. The van der Waals surface area contributed by atoms with E-state index in [1.54, 1.807) is 14.8 Å². The number of morpholine rings is 1. The number of benzene rings is 1. The summed E-state index contributed by atoms with van der Waals surface area (Å²) in [6.45, 7) is 6.17. The van der Waals surface area contributed by atoms with Crippen LogP contribution in [0.5, 0.6) is 0 Å². The predicted octanol–water partition coefficient (Wildman–Crippen LogP) is 3.76. The highest BCUT2D eigenvalue weighted by atomic mass is 32.1. The summed E-state index contributed by atoms with van der Waals surface area (Å²) in [5, 5.41) is 5.29. The van der Waals surface area contributed by atoms with E-state index in [0.29, 0.717) is 43.4 Å². The standard InChI is InChI=1S/C23H25N3O4S2/c1-15-14-31-23(29)26(15)9-8-18(27)24-21-19(22(28)25-10-12-30-13-11-25)16(2)20(32-21)17-6-4-3-5-7-17/h3-7,14H,8-13H2,1-2H3,(H,24,27). The van der Waals surface area contributed by atoms with Crippen LogP contribution in [0.3, 0.4) is 0 Å². The third-order valence-electron chi connectivity index (χ3n) is 5.49. The summed E-state index contributed by atoms with van der Waals surface area (Å²) in [7, 11) is 0. The number of ether oxygens (including phenoxy) is 1. The second-order valence-corrected chi connectivity index (χ2v) is 9.46. The van der Waals surface area contributed by atoms with Crippen molar-refractivity contribution >= 4 is 39.5 Å². The van der Waals surface area contributed by atoms with Crippen LogP contribution in [0.1, 0.15) is 28.0 Å². The van der Waals surface area contributed by atoms with Crippen LogP contribution in [-0.2, 0) is 16.1 Å². The van der Waals surface area contributed by atoms with E-state index in [9.17, 15) is 14.4 Å². The summed E-state index contributed by atoms with van der Waals surface area (Å²) in [5.41, 5.74) is 3.24. The molecule has 0 atom stereocenters. The van der Waals surface area contributed by atoms with Crippen LogP contribution in [0.4, 0.5) is 5.00 Å². The van der Waals surface area contributed by atoms with Gasteiger partial charge in [-0.15, -0.1) is 11.3 Å². The first-order valence-electron chi connectivity index (χ1n) is 10.5. The lowest BCUT2D eigenvalue weighted by Crippen LogP contribution is -2.41. The van der Waals surface area contributed by atoms with E-state index in [1.807, 2.05) is 44.2 Å². The SMILES string of the molecule is Cc1c(-c2ccccc2)sc(NC(=O)CCn2c(C)csc2=O)c1C(=O)N1CCOCC1. The summed E-state index contributed by atoms with van der Waals surface area (Å²) in [6.07, 6.45) is 0.153. The van der Waals surface area contributed by atoms with E-state index >= 15 is 0 Å². The monoisotopic (exact) mass is 471 g/mol. The van der Waals surface area contributed by atoms with E-state index in [2.05, 4.69) is 5.32 Å².